The number of hydrazone groups is 1. The third-order valence-corrected chi connectivity index (χ3v) is 5.86. The van der Waals surface area contributed by atoms with Crippen LogP contribution in [0.4, 0.5) is 0 Å². The van der Waals surface area contributed by atoms with Gasteiger partial charge in [0.25, 0.3) is 5.91 Å². The number of thioether (sulfide) groups is 1. The Balaban J connectivity index is 1.62. The Kier molecular flexibility index (Phi) is 9.36. The van der Waals surface area contributed by atoms with Gasteiger partial charge < -0.3 is 23.5 Å². The molecule has 0 bridgehead atoms. The van der Waals surface area contributed by atoms with Crippen molar-refractivity contribution in [2.75, 3.05) is 33.7 Å². The summed E-state index contributed by atoms with van der Waals surface area (Å²) < 4.78 is 23.5. The highest BCUT2D eigenvalue weighted by Gasteiger charge is 2.16. The highest BCUT2D eigenvalue weighted by Crippen LogP contribution is 2.33. The molecule has 1 aromatic heterocycles. The fourth-order valence-corrected chi connectivity index (χ4v) is 4.04. The number of hydrogen-bond donors (Lipinski definition) is 1. The number of ether oxygens (including phenoxy) is 4. The lowest BCUT2D eigenvalue weighted by molar-refractivity contribution is -0.118. The van der Waals surface area contributed by atoms with Gasteiger partial charge in [0.1, 0.15) is 0 Å². The quantitative estimate of drug-likeness (QED) is 0.229. The molecule has 0 radical (unpaired) electrons. The van der Waals surface area contributed by atoms with Crippen LogP contribution in [-0.2, 0) is 11.3 Å². The number of carbonyl (C=O) groups is 1. The topological polar surface area (TPSA) is 109 Å². The van der Waals surface area contributed by atoms with E-state index < -0.39 is 0 Å². The van der Waals surface area contributed by atoms with Crippen LogP contribution in [0.25, 0.3) is 11.4 Å². The van der Waals surface area contributed by atoms with Gasteiger partial charge in [-0.1, -0.05) is 11.8 Å². The van der Waals surface area contributed by atoms with E-state index in [2.05, 4.69) is 20.7 Å². The van der Waals surface area contributed by atoms with Crippen molar-refractivity contribution in [3.8, 4) is 34.4 Å². The first kappa shape index (κ1) is 25.9. The first-order valence-electron chi connectivity index (χ1n) is 11.0. The molecule has 0 unspecified atom stereocenters. The van der Waals surface area contributed by atoms with Crippen LogP contribution < -0.4 is 24.4 Å². The lowest BCUT2D eigenvalue weighted by Gasteiger charge is -2.10. The van der Waals surface area contributed by atoms with Gasteiger partial charge in [0, 0.05) is 12.1 Å². The molecule has 0 aliphatic rings. The molecule has 0 spiro atoms. The van der Waals surface area contributed by atoms with Gasteiger partial charge in [0.15, 0.2) is 34.0 Å². The molecule has 1 heterocycles. The zero-order chi connectivity index (χ0) is 25.2. The van der Waals surface area contributed by atoms with Crippen LogP contribution in [0.1, 0.15) is 19.4 Å². The number of rotatable bonds is 12. The van der Waals surface area contributed by atoms with Gasteiger partial charge in [0.05, 0.1) is 39.9 Å². The van der Waals surface area contributed by atoms with Crippen molar-refractivity contribution >= 4 is 23.9 Å². The second kappa shape index (κ2) is 12.7. The van der Waals surface area contributed by atoms with Gasteiger partial charge in [-0.05, 0) is 55.8 Å². The molecule has 186 valence electrons. The van der Waals surface area contributed by atoms with Crippen molar-refractivity contribution in [3.05, 3.63) is 42.0 Å². The third-order valence-electron chi connectivity index (χ3n) is 4.90. The van der Waals surface area contributed by atoms with E-state index in [4.69, 9.17) is 18.9 Å². The number of aromatic nitrogens is 3. The summed E-state index contributed by atoms with van der Waals surface area (Å²) >= 11 is 1.28. The minimum absolute atomic E-state index is 0.133. The van der Waals surface area contributed by atoms with Crippen molar-refractivity contribution < 1.29 is 23.7 Å². The molecule has 1 N–H and O–H groups in total. The van der Waals surface area contributed by atoms with Crippen molar-refractivity contribution in [1.82, 2.24) is 20.2 Å². The molecule has 0 aliphatic heterocycles. The molecule has 10 nitrogen and oxygen atoms in total. The Morgan fingerprint density at radius 2 is 1.71 bits per heavy atom. The summed E-state index contributed by atoms with van der Waals surface area (Å²) in [7, 11) is 4.75. The maximum Gasteiger partial charge on any atom is 0.250 e. The van der Waals surface area contributed by atoms with Crippen LogP contribution in [0.2, 0.25) is 0 Å². The molecule has 0 aliphatic carbocycles. The van der Waals surface area contributed by atoms with Gasteiger partial charge in [0.2, 0.25) is 0 Å². The van der Waals surface area contributed by atoms with Gasteiger partial charge in [-0.2, -0.15) is 5.10 Å². The number of amides is 1. The smallest absolute Gasteiger partial charge is 0.250 e. The Labute approximate surface area is 208 Å². The largest absolute Gasteiger partial charge is 0.493 e. The molecule has 2 aromatic carbocycles. The van der Waals surface area contributed by atoms with E-state index in [9.17, 15) is 4.79 Å². The summed E-state index contributed by atoms with van der Waals surface area (Å²) in [5.74, 6) is 3.04. The van der Waals surface area contributed by atoms with Crippen LogP contribution in [0.5, 0.6) is 23.0 Å². The number of methoxy groups -OCH3 is 3. The van der Waals surface area contributed by atoms with E-state index in [-0.39, 0.29) is 11.7 Å². The normalized spacial score (nSPS) is 10.9. The molecular weight excluding hydrogens is 470 g/mol. The lowest BCUT2D eigenvalue weighted by Crippen LogP contribution is -2.20. The van der Waals surface area contributed by atoms with E-state index in [0.29, 0.717) is 47.1 Å². The van der Waals surface area contributed by atoms with Crippen molar-refractivity contribution in [2.45, 2.75) is 25.5 Å². The molecule has 0 saturated heterocycles. The van der Waals surface area contributed by atoms with Crippen molar-refractivity contribution in [3.63, 3.8) is 0 Å². The maximum atomic E-state index is 12.3. The van der Waals surface area contributed by atoms with Crippen molar-refractivity contribution in [2.24, 2.45) is 5.10 Å². The summed E-state index contributed by atoms with van der Waals surface area (Å²) in [4.78, 5) is 12.3. The number of hydrogen-bond acceptors (Lipinski definition) is 9. The predicted molar refractivity (Wildman–Crippen MR) is 135 cm³/mol. The molecule has 11 heteroatoms. The standard InChI is InChI=1S/C24H29N5O5S/c1-6-29-23(17-9-11-18(31-3)21(13-17)33-5)27-28-24(29)35-15-22(30)26-25-14-16-8-10-19(34-7-2)20(12-16)32-4/h8-14H,6-7,15H2,1-5H3,(H,26,30)/b25-14+. The average Bonchev–Trinajstić information content (AvgIpc) is 3.30. The minimum Gasteiger partial charge on any atom is -0.493 e. The summed E-state index contributed by atoms with van der Waals surface area (Å²) in [5.41, 5.74) is 4.14. The van der Waals surface area contributed by atoms with Crippen LogP contribution in [0.15, 0.2) is 46.7 Å². The minimum atomic E-state index is -0.262. The van der Waals surface area contributed by atoms with Gasteiger partial charge in [-0.3, -0.25) is 4.79 Å². The zero-order valence-corrected chi connectivity index (χ0v) is 21.2. The summed E-state index contributed by atoms with van der Waals surface area (Å²) in [6, 6.07) is 11.0. The number of nitrogens with one attached hydrogen (secondary N) is 1. The van der Waals surface area contributed by atoms with E-state index in [0.717, 1.165) is 11.1 Å². The van der Waals surface area contributed by atoms with E-state index in [1.807, 2.05) is 42.7 Å². The van der Waals surface area contributed by atoms with E-state index >= 15 is 0 Å². The molecule has 35 heavy (non-hydrogen) atoms. The Bertz CT molecular complexity index is 1180. The van der Waals surface area contributed by atoms with Gasteiger partial charge >= 0.3 is 0 Å². The summed E-state index contributed by atoms with van der Waals surface area (Å²) in [6.45, 7) is 5.08. The van der Waals surface area contributed by atoms with Crippen LogP contribution in [-0.4, -0.2) is 60.6 Å². The molecule has 0 fully saturated rings. The molecule has 3 aromatic rings. The first-order valence-corrected chi connectivity index (χ1v) is 11.9. The molecule has 1 amide bonds. The number of nitrogens with zero attached hydrogens (tertiary/aromatic N) is 4. The van der Waals surface area contributed by atoms with Crippen LogP contribution >= 0.6 is 11.8 Å². The second-order valence-electron chi connectivity index (χ2n) is 7.05. The SMILES string of the molecule is CCOc1ccc(/C=N/NC(=O)CSc2nnc(-c3ccc(OC)c(OC)c3)n2CC)cc1OC. The fraction of sp³-hybridized carbons (Fsp3) is 0.333. The highest BCUT2D eigenvalue weighted by molar-refractivity contribution is 7.99. The second-order valence-corrected chi connectivity index (χ2v) is 7.99. The maximum absolute atomic E-state index is 12.3. The van der Waals surface area contributed by atoms with Crippen LogP contribution in [0, 0.1) is 0 Å². The van der Waals surface area contributed by atoms with Gasteiger partial charge in [-0.15, -0.1) is 10.2 Å². The number of carbonyl (C=O) groups excluding carboxylic acids is 1. The molecular formula is C24H29N5O5S. The summed E-state index contributed by atoms with van der Waals surface area (Å²) in [5, 5.41) is 13.2. The Morgan fingerprint density at radius 1 is 1.00 bits per heavy atom. The lowest BCUT2D eigenvalue weighted by atomic mass is 10.2. The van der Waals surface area contributed by atoms with E-state index in [1.54, 1.807) is 39.7 Å². The third kappa shape index (κ3) is 6.44. The molecule has 0 atom stereocenters. The average molecular weight is 500 g/mol. The first-order chi connectivity index (χ1) is 17.0. The fourth-order valence-electron chi connectivity index (χ4n) is 3.25. The molecule has 0 saturated carbocycles. The van der Waals surface area contributed by atoms with E-state index in [1.165, 1.54) is 11.8 Å². The Morgan fingerprint density at radius 3 is 2.40 bits per heavy atom. The van der Waals surface area contributed by atoms with Gasteiger partial charge in [-0.25, -0.2) is 5.43 Å². The van der Waals surface area contributed by atoms with Crippen molar-refractivity contribution in [1.29, 1.82) is 0 Å². The predicted octanol–water partition coefficient (Wildman–Crippen LogP) is 3.63. The highest BCUT2D eigenvalue weighted by atomic mass is 32.2. The Hall–Kier alpha value is -3.73. The zero-order valence-electron chi connectivity index (χ0n) is 20.4. The number of benzene rings is 2. The van der Waals surface area contributed by atoms with Crippen LogP contribution in [0.3, 0.4) is 0 Å². The monoisotopic (exact) mass is 499 g/mol. The summed E-state index contributed by atoms with van der Waals surface area (Å²) in [6.07, 6.45) is 1.55. The molecule has 3 rings (SSSR count).